The van der Waals surface area contributed by atoms with Gasteiger partial charge in [0.15, 0.2) is 0 Å². The van der Waals surface area contributed by atoms with E-state index in [0.717, 1.165) is 39.0 Å². The molecule has 7 aromatic carbocycles. The monoisotopic (exact) mass is 607 g/mol. The lowest BCUT2D eigenvalue weighted by Crippen LogP contribution is -2.15. The van der Waals surface area contributed by atoms with Crippen LogP contribution in [0.1, 0.15) is 25.0 Å². The molecule has 0 fully saturated rings. The lowest BCUT2D eigenvalue weighted by molar-refractivity contribution is 0.660. The van der Waals surface area contributed by atoms with Gasteiger partial charge in [-0.25, -0.2) is 0 Å². The summed E-state index contributed by atoms with van der Waals surface area (Å²) in [5.74, 6) is 0. The number of benzene rings is 7. The van der Waals surface area contributed by atoms with Gasteiger partial charge in [0.2, 0.25) is 0 Å². The van der Waals surface area contributed by atoms with Crippen LogP contribution in [-0.4, -0.2) is 0 Å². The molecule has 0 N–H and O–H groups in total. The minimum absolute atomic E-state index is 0.0397. The molecule has 46 heavy (non-hydrogen) atoms. The SMILES string of the molecule is CC1(C)c2ccccc2-c2cc(N(c3ccc4c(c3)oc3ccccc34)c3ccc4c(c3)sc3cc5ccccc5cc34)ccc21. The lowest BCUT2D eigenvalue weighted by atomic mass is 9.82. The minimum atomic E-state index is -0.0397. The number of fused-ring (bicyclic) bond motifs is 10. The molecule has 218 valence electrons. The van der Waals surface area contributed by atoms with E-state index in [2.05, 4.69) is 146 Å². The van der Waals surface area contributed by atoms with E-state index in [-0.39, 0.29) is 5.41 Å². The van der Waals surface area contributed by atoms with E-state index in [1.165, 1.54) is 53.2 Å². The Bertz CT molecular complexity index is 2690. The van der Waals surface area contributed by atoms with Gasteiger partial charge in [-0.2, -0.15) is 0 Å². The molecule has 2 heterocycles. The molecule has 0 saturated heterocycles. The van der Waals surface area contributed by atoms with Crippen molar-refractivity contribution in [2.24, 2.45) is 0 Å². The molecule has 0 atom stereocenters. The Hall–Kier alpha value is -5.38. The van der Waals surface area contributed by atoms with Crippen molar-refractivity contribution in [3.63, 3.8) is 0 Å². The Balaban J connectivity index is 1.20. The van der Waals surface area contributed by atoms with Crippen LogP contribution in [0, 0.1) is 0 Å². The van der Waals surface area contributed by atoms with Gasteiger partial charge >= 0.3 is 0 Å². The summed E-state index contributed by atoms with van der Waals surface area (Å²) < 4.78 is 8.99. The maximum atomic E-state index is 6.39. The van der Waals surface area contributed by atoms with Crippen LogP contribution >= 0.6 is 11.3 Å². The van der Waals surface area contributed by atoms with Crippen molar-refractivity contribution in [1.82, 2.24) is 0 Å². The summed E-state index contributed by atoms with van der Waals surface area (Å²) in [4.78, 5) is 2.39. The number of hydrogen-bond donors (Lipinski definition) is 0. The van der Waals surface area contributed by atoms with Crippen LogP contribution in [0.4, 0.5) is 17.1 Å². The van der Waals surface area contributed by atoms with E-state index in [1.54, 1.807) is 0 Å². The summed E-state index contributed by atoms with van der Waals surface area (Å²) in [6, 6.07) is 51.1. The summed E-state index contributed by atoms with van der Waals surface area (Å²) in [6.07, 6.45) is 0. The van der Waals surface area contributed by atoms with Crippen molar-refractivity contribution in [3.05, 3.63) is 151 Å². The van der Waals surface area contributed by atoms with Crippen molar-refractivity contribution >= 4 is 81.3 Å². The summed E-state index contributed by atoms with van der Waals surface area (Å²) >= 11 is 1.87. The van der Waals surface area contributed by atoms with Gasteiger partial charge in [-0.3, -0.25) is 0 Å². The van der Waals surface area contributed by atoms with E-state index in [9.17, 15) is 0 Å². The second-order valence-corrected chi connectivity index (χ2v) is 14.1. The molecule has 10 rings (SSSR count). The minimum Gasteiger partial charge on any atom is -0.456 e. The van der Waals surface area contributed by atoms with Gasteiger partial charge in [0.05, 0.1) is 0 Å². The molecule has 0 amide bonds. The van der Waals surface area contributed by atoms with Crippen molar-refractivity contribution < 1.29 is 4.42 Å². The van der Waals surface area contributed by atoms with Gasteiger partial charge in [0.25, 0.3) is 0 Å². The van der Waals surface area contributed by atoms with Crippen LogP contribution in [0.25, 0.3) is 64.0 Å². The molecule has 1 aliphatic rings. The standard InChI is InChI=1S/C43H29NOS/c1-43(2)37-13-7-5-11-31(37)35-23-28(17-20-38(35)43)44(29-15-18-33-32-12-6-8-14-39(32)45-40(33)24-29)30-16-19-34-36-21-26-9-3-4-10-27(26)22-41(36)46-42(34)25-30/h3-25H,1-2H3. The fraction of sp³-hybridized carbons (Fsp3) is 0.0698. The normalized spacial score (nSPS) is 13.6. The third-order valence-corrected chi connectivity index (χ3v) is 11.1. The Morgan fingerprint density at radius 3 is 2.00 bits per heavy atom. The number of para-hydroxylation sites is 1. The molecular weight excluding hydrogens is 579 g/mol. The second-order valence-electron chi connectivity index (χ2n) is 13.0. The van der Waals surface area contributed by atoms with Crippen LogP contribution in [0.15, 0.2) is 144 Å². The van der Waals surface area contributed by atoms with Gasteiger partial charge in [0.1, 0.15) is 11.2 Å². The van der Waals surface area contributed by atoms with Crippen LogP contribution in [0.2, 0.25) is 0 Å². The molecule has 1 aliphatic carbocycles. The van der Waals surface area contributed by atoms with Crippen molar-refractivity contribution in [2.45, 2.75) is 19.3 Å². The van der Waals surface area contributed by atoms with Crippen LogP contribution < -0.4 is 4.90 Å². The van der Waals surface area contributed by atoms with E-state index in [4.69, 9.17) is 4.42 Å². The van der Waals surface area contributed by atoms with E-state index >= 15 is 0 Å². The summed E-state index contributed by atoms with van der Waals surface area (Å²) in [5, 5.41) is 7.45. The van der Waals surface area contributed by atoms with Crippen molar-refractivity contribution in [2.75, 3.05) is 4.90 Å². The molecule has 0 unspecified atom stereocenters. The predicted molar refractivity (Wildman–Crippen MR) is 196 cm³/mol. The van der Waals surface area contributed by atoms with E-state index in [1.807, 2.05) is 23.5 Å². The van der Waals surface area contributed by atoms with E-state index in [0.29, 0.717) is 0 Å². The van der Waals surface area contributed by atoms with Crippen LogP contribution in [0.5, 0.6) is 0 Å². The molecule has 0 spiro atoms. The molecule has 3 heteroatoms. The second kappa shape index (κ2) is 9.32. The summed E-state index contributed by atoms with van der Waals surface area (Å²) in [7, 11) is 0. The average molecular weight is 608 g/mol. The zero-order valence-electron chi connectivity index (χ0n) is 25.5. The van der Waals surface area contributed by atoms with Crippen molar-refractivity contribution in [1.29, 1.82) is 0 Å². The number of nitrogens with zero attached hydrogens (tertiary/aromatic N) is 1. The molecule has 0 bridgehead atoms. The number of anilines is 3. The number of rotatable bonds is 3. The molecule has 0 radical (unpaired) electrons. The predicted octanol–water partition coefficient (Wildman–Crippen LogP) is 12.9. The molecule has 0 saturated carbocycles. The molecular formula is C43H29NOS. The number of furan rings is 1. The van der Waals surface area contributed by atoms with E-state index < -0.39 is 0 Å². The highest BCUT2D eigenvalue weighted by atomic mass is 32.1. The van der Waals surface area contributed by atoms with Crippen molar-refractivity contribution in [3.8, 4) is 11.1 Å². The highest BCUT2D eigenvalue weighted by Crippen LogP contribution is 2.51. The Labute approximate surface area is 270 Å². The smallest absolute Gasteiger partial charge is 0.137 e. The summed E-state index contributed by atoms with van der Waals surface area (Å²) in [6.45, 7) is 4.67. The average Bonchev–Trinajstić information content (AvgIpc) is 3.70. The first-order chi connectivity index (χ1) is 22.5. The zero-order valence-corrected chi connectivity index (χ0v) is 26.4. The lowest BCUT2D eigenvalue weighted by Gasteiger charge is -2.27. The Morgan fingerprint density at radius 2 is 1.11 bits per heavy atom. The van der Waals surface area contributed by atoms with Gasteiger partial charge in [-0.15, -0.1) is 11.3 Å². The van der Waals surface area contributed by atoms with Gasteiger partial charge < -0.3 is 9.32 Å². The first-order valence-corrected chi connectivity index (χ1v) is 16.7. The molecule has 0 aliphatic heterocycles. The highest BCUT2D eigenvalue weighted by molar-refractivity contribution is 7.25. The number of thiophene rings is 1. The van der Waals surface area contributed by atoms with Gasteiger partial charge in [-0.05, 0) is 87.6 Å². The topological polar surface area (TPSA) is 16.4 Å². The molecule has 2 aromatic heterocycles. The maximum Gasteiger partial charge on any atom is 0.137 e. The molecule has 9 aromatic rings. The molecule has 2 nitrogen and oxygen atoms in total. The van der Waals surface area contributed by atoms with Gasteiger partial charge in [-0.1, -0.05) is 92.7 Å². The largest absolute Gasteiger partial charge is 0.456 e. The first-order valence-electron chi connectivity index (χ1n) is 15.8. The fourth-order valence-corrected chi connectivity index (χ4v) is 8.91. The third-order valence-electron chi connectivity index (χ3n) is 10.0. The van der Waals surface area contributed by atoms with Crippen LogP contribution in [-0.2, 0) is 5.41 Å². The zero-order chi connectivity index (χ0) is 30.6. The summed E-state index contributed by atoms with van der Waals surface area (Å²) in [5.41, 5.74) is 10.5. The van der Waals surface area contributed by atoms with Gasteiger partial charge in [0, 0.05) is 59.5 Å². The third kappa shape index (κ3) is 3.64. The number of hydrogen-bond acceptors (Lipinski definition) is 3. The van der Waals surface area contributed by atoms with Crippen LogP contribution in [0.3, 0.4) is 0 Å². The fourth-order valence-electron chi connectivity index (χ4n) is 7.74. The highest BCUT2D eigenvalue weighted by Gasteiger charge is 2.35. The Morgan fingerprint density at radius 1 is 0.478 bits per heavy atom. The first kappa shape index (κ1) is 25.9. The maximum absolute atomic E-state index is 6.39. The Kier molecular flexibility index (Phi) is 5.25. The quantitative estimate of drug-likeness (QED) is 0.199.